The minimum atomic E-state index is -0.578. The smallest absolute Gasteiger partial charge is 0.200 e. The highest BCUT2D eigenvalue weighted by Crippen LogP contribution is 2.26. The largest absolute Gasteiger partial charge is 0.507 e. The van der Waals surface area contributed by atoms with Crippen LogP contribution in [0.5, 0.6) is 11.5 Å². The summed E-state index contributed by atoms with van der Waals surface area (Å²) in [5, 5.41) is 9.60. The second-order valence-electron chi connectivity index (χ2n) is 3.69. The second kappa shape index (κ2) is 4.87. The number of para-hydroxylation sites is 1. The molecule has 18 heavy (non-hydrogen) atoms. The highest BCUT2D eigenvalue weighted by molar-refractivity contribution is 6.12. The molecule has 0 amide bonds. The number of hydrogen-bond donors (Lipinski definition) is 1. The normalized spacial score (nSPS) is 10.1. The Balaban J connectivity index is 2.51. The molecule has 2 rings (SSSR count). The molecule has 92 valence electrons. The van der Waals surface area contributed by atoms with Gasteiger partial charge in [0.1, 0.15) is 17.3 Å². The summed E-state index contributed by atoms with van der Waals surface area (Å²) in [6.45, 7) is 0. The summed E-state index contributed by atoms with van der Waals surface area (Å²) < 4.78 is 18.2. The maximum absolute atomic E-state index is 13.1. The molecule has 0 heterocycles. The molecule has 4 heteroatoms. The topological polar surface area (TPSA) is 46.5 Å². The zero-order valence-electron chi connectivity index (χ0n) is 9.68. The van der Waals surface area contributed by atoms with Crippen molar-refractivity contribution < 1.29 is 19.0 Å². The van der Waals surface area contributed by atoms with Gasteiger partial charge in [0.15, 0.2) is 0 Å². The first-order chi connectivity index (χ1) is 8.63. The van der Waals surface area contributed by atoms with Gasteiger partial charge in [-0.3, -0.25) is 4.79 Å². The molecule has 0 bridgehead atoms. The molecule has 0 unspecified atom stereocenters. The zero-order chi connectivity index (χ0) is 13.1. The van der Waals surface area contributed by atoms with E-state index in [4.69, 9.17) is 4.74 Å². The fourth-order valence-electron chi connectivity index (χ4n) is 1.67. The van der Waals surface area contributed by atoms with E-state index in [1.165, 1.54) is 7.11 Å². The number of carbonyl (C=O) groups excluding carboxylic acids is 1. The van der Waals surface area contributed by atoms with E-state index in [2.05, 4.69) is 0 Å². The molecule has 0 aliphatic heterocycles. The first-order valence-electron chi connectivity index (χ1n) is 5.29. The molecule has 0 aliphatic carbocycles. The van der Waals surface area contributed by atoms with E-state index < -0.39 is 11.6 Å². The number of ether oxygens (including phenoxy) is 1. The third-order valence-electron chi connectivity index (χ3n) is 2.55. The third-order valence-corrected chi connectivity index (χ3v) is 2.55. The molecule has 1 N–H and O–H groups in total. The summed E-state index contributed by atoms with van der Waals surface area (Å²) in [5.74, 6) is -0.936. The molecule has 0 radical (unpaired) electrons. The lowest BCUT2D eigenvalue weighted by Gasteiger charge is -2.08. The van der Waals surface area contributed by atoms with E-state index in [1.807, 2.05) is 0 Å². The van der Waals surface area contributed by atoms with Crippen molar-refractivity contribution in [1.29, 1.82) is 0 Å². The first-order valence-corrected chi connectivity index (χ1v) is 5.29. The molecule has 3 nitrogen and oxygen atoms in total. The van der Waals surface area contributed by atoms with Crippen molar-refractivity contribution in [2.24, 2.45) is 0 Å². The molecule has 0 spiro atoms. The number of methoxy groups -OCH3 is 1. The van der Waals surface area contributed by atoms with Gasteiger partial charge >= 0.3 is 0 Å². The Hall–Kier alpha value is -2.36. The number of aromatic hydroxyl groups is 1. The second-order valence-corrected chi connectivity index (χ2v) is 3.69. The van der Waals surface area contributed by atoms with E-state index in [9.17, 15) is 14.3 Å². The molecule has 0 aliphatic rings. The van der Waals surface area contributed by atoms with Crippen LogP contribution in [-0.2, 0) is 0 Å². The van der Waals surface area contributed by atoms with E-state index in [0.29, 0.717) is 5.75 Å². The van der Waals surface area contributed by atoms with Crippen molar-refractivity contribution >= 4 is 5.78 Å². The maximum atomic E-state index is 13.1. The molecular formula is C14H11FO3. The maximum Gasteiger partial charge on any atom is 0.200 e. The van der Waals surface area contributed by atoms with Crippen molar-refractivity contribution in [1.82, 2.24) is 0 Å². The van der Waals surface area contributed by atoms with Crippen LogP contribution in [0.2, 0.25) is 0 Å². The zero-order valence-corrected chi connectivity index (χ0v) is 9.68. The number of ketones is 1. The molecule has 0 saturated heterocycles. The number of halogens is 1. The molecule has 2 aromatic carbocycles. The summed E-state index contributed by atoms with van der Waals surface area (Å²) >= 11 is 0. The van der Waals surface area contributed by atoms with Crippen LogP contribution in [0.1, 0.15) is 15.9 Å². The molecule has 0 fully saturated rings. The van der Waals surface area contributed by atoms with Crippen molar-refractivity contribution in [2.75, 3.05) is 7.11 Å². The van der Waals surface area contributed by atoms with Gasteiger partial charge in [-0.05, 0) is 30.3 Å². The van der Waals surface area contributed by atoms with E-state index in [-0.39, 0.29) is 16.9 Å². The minimum absolute atomic E-state index is 0.0838. The third kappa shape index (κ3) is 2.18. The van der Waals surface area contributed by atoms with Gasteiger partial charge in [0, 0.05) is 0 Å². The van der Waals surface area contributed by atoms with E-state index in [1.54, 1.807) is 24.3 Å². The van der Waals surface area contributed by atoms with Gasteiger partial charge in [0.2, 0.25) is 5.78 Å². The van der Waals surface area contributed by atoms with E-state index >= 15 is 0 Å². The summed E-state index contributed by atoms with van der Waals surface area (Å²) in [7, 11) is 1.44. The van der Waals surface area contributed by atoms with Gasteiger partial charge in [-0.1, -0.05) is 12.1 Å². The Morgan fingerprint density at radius 1 is 1.17 bits per heavy atom. The molecule has 0 aromatic heterocycles. The van der Waals surface area contributed by atoms with Crippen LogP contribution in [0.3, 0.4) is 0 Å². The average molecular weight is 246 g/mol. The lowest BCUT2D eigenvalue weighted by Crippen LogP contribution is -2.04. The van der Waals surface area contributed by atoms with E-state index in [0.717, 1.165) is 18.2 Å². The molecule has 2 aromatic rings. The van der Waals surface area contributed by atoms with Gasteiger partial charge < -0.3 is 9.84 Å². The quantitative estimate of drug-likeness (QED) is 0.847. The number of carbonyl (C=O) groups is 1. The minimum Gasteiger partial charge on any atom is -0.507 e. The standard InChI is InChI=1S/C14H11FO3/c1-18-13-5-3-2-4-10(13)14(17)11-8-9(15)6-7-12(11)16/h2-8,16H,1H3. The van der Waals surface area contributed by atoms with Crippen LogP contribution in [-0.4, -0.2) is 18.0 Å². The SMILES string of the molecule is COc1ccccc1C(=O)c1cc(F)ccc1O. The number of hydrogen-bond acceptors (Lipinski definition) is 3. The average Bonchev–Trinajstić information content (AvgIpc) is 2.40. The lowest BCUT2D eigenvalue weighted by molar-refractivity contribution is 0.103. The predicted octanol–water partition coefficient (Wildman–Crippen LogP) is 2.77. The van der Waals surface area contributed by atoms with Crippen molar-refractivity contribution in [2.45, 2.75) is 0 Å². The van der Waals surface area contributed by atoms with Gasteiger partial charge in [-0.15, -0.1) is 0 Å². The monoisotopic (exact) mass is 246 g/mol. The number of rotatable bonds is 3. The summed E-state index contributed by atoms with van der Waals surface area (Å²) in [4.78, 5) is 12.2. The van der Waals surface area contributed by atoms with Crippen LogP contribution in [0, 0.1) is 5.82 Å². The van der Waals surface area contributed by atoms with Crippen LogP contribution in [0.4, 0.5) is 4.39 Å². The van der Waals surface area contributed by atoms with Crippen LogP contribution in [0.25, 0.3) is 0 Å². The highest BCUT2D eigenvalue weighted by Gasteiger charge is 2.17. The first kappa shape index (κ1) is 12.1. The van der Waals surface area contributed by atoms with Crippen LogP contribution >= 0.6 is 0 Å². The van der Waals surface area contributed by atoms with Gasteiger partial charge in [-0.25, -0.2) is 4.39 Å². The Morgan fingerprint density at radius 3 is 2.61 bits per heavy atom. The van der Waals surface area contributed by atoms with Crippen molar-refractivity contribution in [3.63, 3.8) is 0 Å². The van der Waals surface area contributed by atoms with Crippen LogP contribution < -0.4 is 4.74 Å². The Kier molecular flexibility index (Phi) is 3.28. The summed E-state index contributed by atoms with van der Waals surface area (Å²) in [5.41, 5.74) is 0.195. The molecule has 0 atom stereocenters. The fourth-order valence-corrected chi connectivity index (χ4v) is 1.67. The predicted molar refractivity (Wildman–Crippen MR) is 64.5 cm³/mol. The van der Waals surface area contributed by atoms with Gasteiger partial charge in [0.05, 0.1) is 18.2 Å². The lowest BCUT2D eigenvalue weighted by atomic mass is 10.0. The molecule has 0 saturated carbocycles. The summed E-state index contributed by atoms with van der Waals surface area (Å²) in [6.07, 6.45) is 0. The molecular weight excluding hydrogens is 235 g/mol. The number of benzene rings is 2. The Labute approximate surface area is 103 Å². The Bertz CT molecular complexity index is 593. The van der Waals surface area contributed by atoms with Gasteiger partial charge in [-0.2, -0.15) is 0 Å². The van der Waals surface area contributed by atoms with Gasteiger partial charge in [0.25, 0.3) is 0 Å². The Morgan fingerprint density at radius 2 is 1.89 bits per heavy atom. The number of phenolic OH excluding ortho intramolecular Hbond substituents is 1. The van der Waals surface area contributed by atoms with Crippen molar-refractivity contribution in [3.05, 3.63) is 59.4 Å². The summed E-state index contributed by atoms with van der Waals surface area (Å²) in [6, 6.07) is 9.83. The highest BCUT2D eigenvalue weighted by atomic mass is 19.1. The van der Waals surface area contributed by atoms with Crippen molar-refractivity contribution in [3.8, 4) is 11.5 Å². The number of phenols is 1. The fraction of sp³-hybridized carbons (Fsp3) is 0.0714. The van der Waals surface area contributed by atoms with Crippen LogP contribution in [0.15, 0.2) is 42.5 Å².